The summed E-state index contributed by atoms with van der Waals surface area (Å²) in [5.74, 6) is -0.751. The summed E-state index contributed by atoms with van der Waals surface area (Å²) in [5.41, 5.74) is 7.10. The molecule has 114 valence electrons. The van der Waals surface area contributed by atoms with Crippen molar-refractivity contribution in [2.75, 3.05) is 4.90 Å². The smallest absolute Gasteiger partial charge is 0.326 e. The van der Waals surface area contributed by atoms with Crippen molar-refractivity contribution in [3.8, 4) is 0 Å². The lowest BCUT2D eigenvalue weighted by Crippen LogP contribution is -2.38. The van der Waals surface area contributed by atoms with Gasteiger partial charge >= 0.3 is 5.97 Å². The first kappa shape index (κ1) is 14.6. The monoisotopic (exact) mass is 295 g/mol. The highest BCUT2D eigenvalue weighted by Crippen LogP contribution is 2.34. The zero-order valence-corrected chi connectivity index (χ0v) is 13.3. The molecule has 0 aliphatic carbocycles. The van der Waals surface area contributed by atoms with Crippen molar-refractivity contribution in [3.63, 3.8) is 0 Å². The summed E-state index contributed by atoms with van der Waals surface area (Å²) in [4.78, 5) is 13.7. The Balaban J connectivity index is 2.01. The largest absolute Gasteiger partial charge is 0.480 e. The van der Waals surface area contributed by atoms with E-state index in [0.717, 1.165) is 11.3 Å². The molecule has 0 saturated heterocycles. The summed E-state index contributed by atoms with van der Waals surface area (Å²) >= 11 is 0. The van der Waals surface area contributed by atoms with Crippen LogP contribution in [0, 0.1) is 20.8 Å². The Morgan fingerprint density at radius 1 is 1.18 bits per heavy atom. The number of carboxylic acids is 1. The average Bonchev–Trinajstić information content (AvgIpc) is 2.81. The van der Waals surface area contributed by atoms with E-state index in [-0.39, 0.29) is 0 Å². The predicted octanol–water partition coefficient (Wildman–Crippen LogP) is 3.63. The number of carbonyl (C=O) groups is 1. The van der Waals surface area contributed by atoms with Crippen LogP contribution in [0.3, 0.4) is 0 Å². The zero-order valence-electron chi connectivity index (χ0n) is 13.3. The van der Waals surface area contributed by atoms with Crippen LogP contribution in [0.4, 0.5) is 5.69 Å². The van der Waals surface area contributed by atoms with Gasteiger partial charge in [-0.05, 0) is 49.1 Å². The summed E-state index contributed by atoms with van der Waals surface area (Å²) in [7, 11) is 0. The van der Waals surface area contributed by atoms with Gasteiger partial charge in [-0.15, -0.1) is 0 Å². The number of aliphatic carboxylic acids is 1. The molecular weight excluding hydrogens is 274 g/mol. The molecule has 3 heteroatoms. The Labute approximate surface area is 131 Å². The van der Waals surface area contributed by atoms with E-state index in [9.17, 15) is 9.90 Å². The Bertz CT molecular complexity index is 713. The Morgan fingerprint density at radius 2 is 1.82 bits per heavy atom. The van der Waals surface area contributed by atoms with Crippen LogP contribution < -0.4 is 4.90 Å². The highest BCUT2D eigenvalue weighted by molar-refractivity contribution is 5.82. The number of para-hydroxylation sites is 1. The molecule has 3 nitrogen and oxygen atoms in total. The van der Waals surface area contributed by atoms with Crippen LogP contribution in [0.5, 0.6) is 0 Å². The van der Waals surface area contributed by atoms with E-state index in [1.807, 2.05) is 29.2 Å². The van der Waals surface area contributed by atoms with E-state index in [4.69, 9.17) is 0 Å². The molecule has 22 heavy (non-hydrogen) atoms. The standard InChI is InChI=1S/C19H21NO2/c1-12-8-13(2)16(14(3)9-12)11-20-17-7-5-4-6-15(17)10-18(20)19(21)22/h4-9,18H,10-11H2,1-3H3,(H,21,22)/t18-/m1/s1. The summed E-state index contributed by atoms with van der Waals surface area (Å²) in [6.45, 7) is 6.95. The average molecular weight is 295 g/mol. The highest BCUT2D eigenvalue weighted by atomic mass is 16.4. The minimum Gasteiger partial charge on any atom is -0.480 e. The van der Waals surface area contributed by atoms with Crippen molar-refractivity contribution in [1.29, 1.82) is 0 Å². The second-order valence-corrected chi connectivity index (χ2v) is 6.19. The fourth-order valence-electron chi connectivity index (χ4n) is 3.50. The fraction of sp³-hybridized carbons (Fsp3) is 0.316. The lowest BCUT2D eigenvalue weighted by Gasteiger charge is -2.26. The number of aryl methyl sites for hydroxylation is 3. The topological polar surface area (TPSA) is 40.5 Å². The number of rotatable bonds is 3. The van der Waals surface area contributed by atoms with Crippen LogP contribution in [-0.2, 0) is 17.8 Å². The predicted molar refractivity (Wildman–Crippen MR) is 88.4 cm³/mol. The molecule has 0 amide bonds. The third kappa shape index (κ3) is 2.47. The van der Waals surface area contributed by atoms with E-state index in [0.29, 0.717) is 13.0 Å². The Kier molecular flexibility index (Phi) is 3.65. The minimum atomic E-state index is -0.751. The van der Waals surface area contributed by atoms with E-state index >= 15 is 0 Å². The maximum Gasteiger partial charge on any atom is 0.326 e. The number of hydrogen-bond donors (Lipinski definition) is 1. The first-order chi connectivity index (χ1) is 10.5. The molecule has 0 unspecified atom stereocenters. The lowest BCUT2D eigenvalue weighted by molar-refractivity contribution is -0.138. The maximum atomic E-state index is 11.7. The molecule has 1 heterocycles. The normalized spacial score (nSPS) is 16.7. The molecule has 1 N–H and O–H groups in total. The SMILES string of the molecule is Cc1cc(C)c(CN2c3ccccc3C[C@@H]2C(=O)O)c(C)c1. The molecule has 1 aliphatic rings. The molecule has 0 saturated carbocycles. The molecule has 1 aliphatic heterocycles. The molecule has 0 bridgehead atoms. The number of anilines is 1. The van der Waals surface area contributed by atoms with Crippen molar-refractivity contribution < 1.29 is 9.90 Å². The van der Waals surface area contributed by atoms with Gasteiger partial charge in [-0.25, -0.2) is 4.79 Å². The van der Waals surface area contributed by atoms with Gasteiger partial charge in [0.1, 0.15) is 6.04 Å². The second kappa shape index (κ2) is 5.48. The summed E-state index contributed by atoms with van der Waals surface area (Å²) < 4.78 is 0. The van der Waals surface area contributed by atoms with Gasteiger partial charge in [0.15, 0.2) is 0 Å². The van der Waals surface area contributed by atoms with E-state index in [2.05, 4.69) is 32.9 Å². The van der Waals surface area contributed by atoms with Crippen molar-refractivity contribution in [1.82, 2.24) is 0 Å². The van der Waals surface area contributed by atoms with Gasteiger partial charge in [-0.1, -0.05) is 35.9 Å². The maximum absolute atomic E-state index is 11.7. The van der Waals surface area contributed by atoms with Crippen LogP contribution in [-0.4, -0.2) is 17.1 Å². The minimum absolute atomic E-state index is 0.475. The highest BCUT2D eigenvalue weighted by Gasteiger charge is 2.34. The third-order valence-electron chi connectivity index (χ3n) is 4.54. The van der Waals surface area contributed by atoms with Crippen LogP contribution in [0.25, 0.3) is 0 Å². The molecule has 0 fully saturated rings. The van der Waals surface area contributed by atoms with Crippen molar-refractivity contribution in [3.05, 3.63) is 64.2 Å². The summed E-state index contributed by atoms with van der Waals surface area (Å²) in [6, 6.07) is 11.9. The molecule has 1 atom stereocenters. The van der Waals surface area contributed by atoms with Gasteiger partial charge in [-0.3, -0.25) is 0 Å². The Morgan fingerprint density at radius 3 is 2.45 bits per heavy atom. The molecular formula is C19H21NO2. The van der Waals surface area contributed by atoms with Gasteiger partial charge in [0, 0.05) is 18.7 Å². The summed E-state index contributed by atoms with van der Waals surface area (Å²) in [5, 5.41) is 9.57. The van der Waals surface area contributed by atoms with Crippen LogP contribution in [0.1, 0.15) is 27.8 Å². The molecule has 2 aromatic rings. The van der Waals surface area contributed by atoms with Crippen LogP contribution >= 0.6 is 0 Å². The number of fused-ring (bicyclic) bond motifs is 1. The van der Waals surface area contributed by atoms with Gasteiger partial charge in [0.25, 0.3) is 0 Å². The van der Waals surface area contributed by atoms with E-state index < -0.39 is 12.0 Å². The van der Waals surface area contributed by atoms with Gasteiger partial charge in [0.2, 0.25) is 0 Å². The van der Waals surface area contributed by atoms with E-state index in [1.54, 1.807) is 0 Å². The quantitative estimate of drug-likeness (QED) is 0.940. The van der Waals surface area contributed by atoms with Gasteiger partial charge in [0.05, 0.1) is 0 Å². The summed E-state index contributed by atoms with van der Waals surface area (Å²) in [6.07, 6.45) is 0.579. The lowest BCUT2D eigenvalue weighted by atomic mass is 9.99. The van der Waals surface area contributed by atoms with Crippen molar-refractivity contribution >= 4 is 11.7 Å². The number of hydrogen-bond acceptors (Lipinski definition) is 2. The van der Waals surface area contributed by atoms with Gasteiger partial charge < -0.3 is 10.0 Å². The van der Waals surface area contributed by atoms with Crippen LogP contribution in [0.15, 0.2) is 36.4 Å². The fourth-order valence-corrected chi connectivity index (χ4v) is 3.50. The first-order valence-corrected chi connectivity index (χ1v) is 7.61. The van der Waals surface area contributed by atoms with Crippen molar-refractivity contribution in [2.24, 2.45) is 0 Å². The molecule has 0 radical (unpaired) electrons. The number of carboxylic acid groups (broad SMARTS) is 1. The molecule has 0 spiro atoms. The zero-order chi connectivity index (χ0) is 15.9. The van der Waals surface area contributed by atoms with Crippen LogP contribution in [0.2, 0.25) is 0 Å². The molecule has 2 aromatic carbocycles. The Hall–Kier alpha value is -2.29. The van der Waals surface area contributed by atoms with E-state index in [1.165, 1.54) is 22.3 Å². The number of benzene rings is 2. The van der Waals surface area contributed by atoms with Crippen molar-refractivity contribution in [2.45, 2.75) is 39.8 Å². The third-order valence-corrected chi connectivity index (χ3v) is 4.54. The number of nitrogens with zero attached hydrogens (tertiary/aromatic N) is 1. The first-order valence-electron chi connectivity index (χ1n) is 7.61. The molecule has 0 aromatic heterocycles. The second-order valence-electron chi connectivity index (χ2n) is 6.19. The van der Waals surface area contributed by atoms with Gasteiger partial charge in [-0.2, -0.15) is 0 Å². The molecule has 3 rings (SSSR count).